The van der Waals surface area contributed by atoms with Crippen molar-refractivity contribution < 1.29 is 13.2 Å². The molecule has 0 heterocycles. The zero-order valence-electron chi connectivity index (χ0n) is 10.3. The Bertz CT molecular complexity index is 325. The minimum absolute atomic E-state index is 0.0404. The number of carbonyl (C=O) groups is 1. The van der Waals surface area contributed by atoms with Crippen molar-refractivity contribution in [2.45, 2.75) is 25.8 Å². The van der Waals surface area contributed by atoms with Crippen LogP contribution in [0.15, 0.2) is 0 Å². The average molecular weight is 251 g/mol. The minimum Gasteiger partial charge on any atom is -0.359 e. The number of carbonyl (C=O) groups excluding carboxylic acids is 1. The Balaban J connectivity index is 3.87. The van der Waals surface area contributed by atoms with Crippen LogP contribution in [0.4, 0.5) is 0 Å². The van der Waals surface area contributed by atoms with Gasteiger partial charge in [-0.25, -0.2) is 13.1 Å². The summed E-state index contributed by atoms with van der Waals surface area (Å²) in [5.41, 5.74) is -0.559. The van der Waals surface area contributed by atoms with Crippen LogP contribution in [0.25, 0.3) is 0 Å². The molecule has 0 rings (SSSR count). The SMILES string of the molecule is CNC(=O)CCNCC(C)(C)NS(C)(=O)=O. The van der Waals surface area contributed by atoms with Crippen LogP contribution < -0.4 is 15.4 Å². The highest BCUT2D eigenvalue weighted by molar-refractivity contribution is 7.88. The summed E-state index contributed by atoms with van der Waals surface area (Å²) in [4.78, 5) is 10.9. The molecular weight excluding hydrogens is 230 g/mol. The van der Waals surface area contributed by atoms with Crippen LogP contribution in [0, 0.1) is 0 Å². The second-order valence-electron chi connectivity index (χ2n) is 4.36. The molecule has 0 aromatic carbocycles. The molecule has 16 heavy (non-hydrogen) atoms. The highest BCUT2D eigenvalue weighted by Crippen LogP contribution is 2.01. The first-order valence-corrected chi connectivity index (χ1v) is 6.96. The lowest BCUT2D eigenvalue weighted by Crippen LogP contribution is -2.50. The molecule has 0 saturated heterocycles. The largest absolute Gasteiger partial charge is 0.359 e. The highest BCUT2D eigenvalue weighted by atomic mass is 32.2. The van der Waals surface area contributed by atoms with E-state index in [4.69, 9.17) is 0 Å². The van der Waals surface area contributed by atoms with Crippen molar-refractivity contribution in [3.8, 4) is 0 Å². The second kappa shape index (κ2) is 6.17. The molecular formula is C9H21N3O3S. The molecule has 0 aliphatic rings. The number of amides is 1. The van der Waals surface area contributed by atoms with Crippen LogP contribution in [-0.2, 0) is 14.8 Å². The summed E-state index contributed by atoms with van der Waals surface area (Å²) in [6, 6.07) is 0. The first-order chi connectivity index (χ1) is 7.16. The summed E-state index contributed by atoms with van der Waals surface area (Å²) in [7, 11) is -1.63. The summed E-state index contributed by atoms with van der Waals surface area (Å²) < 4.78 is 24.6. The quantitative estimate of drug-likeness (QED) is 0.509. The van der Waals surface area contributed by atoms with E-state index in [0.29, 0.717) is 19.5 Å². The van der Waals surface area contributed by atoms with Gasteiger partial charge in [-0.05, 0) is 13.8 Å². The van der Waals surface area contributed by atoms with E-state index in [0.717, 1.165) is 6.26 Å². The smallest absolute Gasteiger partial charge is 0.221 e. The van der Waals surface area contributed by atoms with Crippen molar-refractivity contribution >= 4 is 15.9 Å². The van der Waals surface area contributed by atoms with E-state index in [1.54, 1.807) is 20.9 Å². The van der Waals surface area contributed by atoms with Crippen molar-refractivity contribution in [3.05, 3.63) is 0 Å². The number of hydrogen-bond donors (Lipinski definition) is 3. The molecule has 0 bridgehead atoms. The van der Waals surface area contributed by atoms with E-state index in [9.17, 15) is 13.2 Å². The van der Waals surface area contributed by atoms with Crippen LogP contribution in [-0.4, -0.2) is 46.3 Å². The van der Waals surface area contributed by atoms with Gasteiger partial charge in [0.05, 0.1) is 6.26 Å². The van der Waals surface area contributed by atoms with E-state index < -0.39 is 15.6 Å². The van der Waals surface area contributed by atoms with Gasteiger partial charge in [0.25, 0.3) is 0 Å². The molecule has 1 amide bonds. The summed E-state index contributed by atoms with van der Waals surface area (Å²) in [6.07, 6.45) is 1.50. The fourth-order valence-corrected chi connectivity index (χ4v) is 2.34. The molecule has 0 saturated carbocycles. The van der Waals surface area contributed by atoms with E-state index in [1.807, 2.05) is 0 Å². The Morgan fingerprint density at radius 3 is 2.31 bits per heavy atom. The zero-order chi connectivity index (χ0) is 12.8. The van der Waals surface area contributed by atoms with Gasteiger partial charge in [-0.1, -0.05) is 0 Å². The lowest BCUT2D eigenvalue weighted by atomic mass is 10.1. The van der Waals surface area contributed by atoms with Gasteiger partial charge in [0, 0.05) is 32.1 Å². The fraction of sp³-hybridized carbons (Fsp3) is 0.889. The maximum absolute atomic E-state index is 11.0. The molecule has 7 heteroatoms. The molecule has 0 unspecified atom stereocenters. The van der Waals surface area contributed by atoms with Gasteiger partial charge in [-0.2, -0.15) is 0 Å². The summed E-state index contributed by atoms with van der Waals surface area (Å²) >= 11 is 0. The first kappa shape index (κ1) is 15.3. The number of rotatable bonds is 7. The molecule has 96 valence electrons. The lowest BCUT2D eigenvalue weighted by molar-refractivity contribution is -0.120. The average Bonchev–Trinajstić information content (AvgIpc) is 2.08. The Labute approximate surface area is 97.2 Å². The number of hydrogen-bond acceptors (Lipinski definition) is 4. The van der Waals surface area contributed by atoms with Crippen molar-refractivity contribution in [2.75, 3.05) is 26.4 Å². The first-order valence-electron chi connectivity index (χ1n) is 5.06. The van der Waals surface area contributed by atoms with Crippen LogP contribution in [0.3, 0.4) is 0 Å². The highest BCUT2D eigenvalue weighted by Gasteiger charge is 2.21. The standard InChI is InChI=1S/C9H21N3O3S/c1-9(2,12-16(4,14)15)7-11-6-5-8(13)10-3/h11-12H,5-7H2,1-4H3,(H,10,13). The van der Waals surface area contributed by atoms with E-state index in [-0.39, 0.29) is 5.91 Å². The molecule has 0 atom stereocenters. The zero-order valence-corrected chi connectivity index (χ0v) is 11.1. The second-order valence-corrected chi connectivity index (χ2v) is 6.11. The van der Waals surface area contributed by atoms with E-state index in [2.05, 4.69) is 15.4 Å². The molecule has 0 aromatic heterocycles. The maximum atomic E-state index is 11.0. The topological polar surface area (TPSA) is 87.3 Å². The molecule has 0 spiro atoms. The lowest BCUT2D eigenvalue weighted by Gasteiger charge is -2.25. The number of nitrogens with one attached hydrogen (secondary N) is 3. The molecule has 0 radical (unpaired) electrons. The summed E-state index contributed by atoms with van der Waals surface area (Å²) in [5.74, 6) is -0.0404. The summed E-state index contributed by atoms with van der Waals surface area (Å²) in [6.45, 7) is 4.55. The molecule has 6 nitrogen and oxygen atoms in total. The normalized spacial score (nSPS) is 12.5. The Morgan fingerprint density at radius 2 is 1.88 bits per heavy atom. The third-order valence-electron chi connectivity index (χ3n) is 1.84. The molecule has 3 N–H and O–H groups in total. The molecule has 0 fully saturated rings. The fourth-order valence-electron chi connectivity index (χ4n) is 1.27. The minimum atomic E-state index is -3.21. The molecule has 0 aromatic rings. The summed E-state index contributed by atoms with van der Waals surface area (Å²) in [5, 5.41) is 5.54. The predicted molar refractivity (Wildman–Crippen MR) is 63.6 cm³/mol. The third kappa shape index (κ3) is 8.63. The monoisotopic (exact) mass is 251 g/mol. The van der Waals surface area contributed by atoms with E-state index in [1.165, 1.54) is 0 Å². The predicted octanol–water partition coefficient (Wildman–Crippen LogP) is -0.960. The van der Waals surface area contributed by atoms with Crippen LogP contribution in [0.5, 0.6) is 0 Å². The Kier molecular flexibility index (Phi) is 5.91. The van der Waals surface area contributed by atoms with Crippen molar-refractivity contribution in [1.29, 1.82) is 0 Å². The van der Waals surface area contributed by atoms with Crippen LogP contribution in [0.2, 0.25) is 0 Å². The van der Waals surface area contributed by atoms with E-state index >= 15 is 0 Å². The number of sulfonamides is 1. The Hall–Kier alpha value is -0.660. The van der Waals surface area contributed by atoms with Crippen LogP contribution in [0.1, 0.15) is 20.3 Å². The Morgan fingerprint density at radius 1 is 1.31 bits per heavy atom. The van der Waals surface area contributed by atoms with Crippen molar-refractivity contribution in [3.63, 3.8) is 0 Å². The van der Waals surface area contributed by atoms with Gasteiger partial charge in [-0.15, -0.1) is 0 Å². The van der Waals surface area contributed by atoms with Crippen LogP contribution >= 0.6 is 0 Å². The van der Waals surface area contributed by atoms with Crippen molar-refractivity contribution in [1.82, 2.24) is 15.4 Å². The maximum Gasteiger partial charge on any atom is 0.221 e. The van der Waals surface area contributed by atoms with Crippen molar-refractivity contribution in [2.24, 2.45) is 0 Å². The van der Waals surface area contributed by atoms with Gasteiger partial charge in [-0.3, -0.25) is 4.79 Å². The molecule has 0 aliphatic carbocycles. The molecule has 0 aliphatic heterocycles. The van der Waals surface area contributed by atoms with Gasteiger partial charge in [0.15, 0.2) is 0 Å². The van der Waals surface area contributed by atoms with Gasteiger partial charge in [0.2, 0.25) is 15.9 Å². The van der Waals surface area contributed by atoms with Gasteiger partial charge >= 0.3 is 0 Å². The van der Waals surface area contributed by atoms with Gasteiger partial charge < -0.3 is 10.6 Å². The van der Waals surface area contributed by atoms with Gasteiger partial charge in [0.1, 0.15) is 0 Å². The third-order valence-corrected chi connectivity index (χ3v) is 2.76.